The van der Waals surface area contributed by atoms with Crippen LogP contribution < -0.4 is 14.7 Å². The molecule has 4 nitrogen and oxygen atoms in total. The van der Waals surface area contributed by atoms with E-state index in [0.29, 0.717) is 6.61 Å². The van der Waals surface area contributed by atoms with Crippen LogP contribution in [0.15, 0.2) is 0 Å². The minimum Gasteiger partial charge on any atom is -0.391 e. The third-order valence-corrected chi connectivity index (χ3v) is 6.78. The lowest BCUT2D eigenvalue weighted by molar-refractivity contribution is -1.03. The van der Waals surface area contributed by atoms with Gasteiger partial charge in [-0.1, -0.05) is 13.3 Å². The Labute approximate surface area is 136 Å². The number of hydrogen-bond donors (Lipinski definition) is 4. The van der Waals surface area contributed by atoms with Crippen molar-refractivity contribution in [3.63, 3.8) is 0 Å². The van der Waals surface area contributed by atoms with Gasteiger partial charge in [-0.3, -0.25) is 0 Å². The summed E-state index contributed by atoms with van der Waals surface area (Å²) in [5.74, 6) is 0.970. The number of piperidine rings is 1. The summed E-state index contributed by atoms with van der Waals surface area (Å²) < 4.78 is 0. The monoisotopic (exact) mass is 312 g/mol. The number of likely N-dealkylation sites (tertiary alicyclic amines) is 1. The zero-order chi connectivity index (χ0) is 15.4. The molecule has 2 heterocycles. The van der Waals surface area contributed by atoms with Crippen LogP contribution in [0.1, 0.15) is 45.4 Å². The van der Waals surface area contributed by atoms with Gasteiger partial charge in [0.25, 0.3) is 0 Å². The van der Waals surface area contributed by atoms with Crippen molar-refractivity contribution in [1.29, 1.82) is 0 Å². The number of rotatable bonds is 4. The van der Waals surface area contributed by atoms with Crippen LogP contribution in [0.5, 0.6) is 0 Å². The van der Waals surface area contributed by atoms with Crippen molar-refractivity contribution >= 4 is 0 Å². The molecule has 2 aliphatic heterocycles. The quantitative estimate of drug-likeness (QED) is 0.451. The lowest BCUT2D eigenvalue weighted by Gasteiger charge is -2.41. The molecule has 0 bridgehead atoms. The molecule has 0 spiro atoms. The van der Waals surface area contributed by atoms with Gasteiger partial charge in [-0.2, -0.15) is 0 Å². The maximum absolute atomic E-state index is 9.07. The molecular weight excluding hydrogens is 274 g/mol. The number of nitrogens with one attached hydrogen (secondary N) is 3. The number of hydrogen-bond acceptors (Lipinski definition) is 1. The summed E-state index contributed by atoms with van der Waals surface area (Å²) in [6.07, 6.45) is 8.81. The standard InChI is InChI=1S/C18H35N3O/c1-16-3-2-4-18(15-16)20-7-5-17(6-8-20)21-11-9-19(10-12-21)13-14-22/h16-18,22H,2-15H2,1H3/p+3. The van der Waals surface area contributed by atoms with Gasteiger partial charge in [-0.25, -0.2) is 0 Å². The molecule has 3 rings (SSSR count). The van der Waals surface area contributed by atoms with Gasteiger partial charge in [0, 0.05) is 19.3 Å². The van der Waals surface area contributed by atoms with Crippen molar-refractivity contribution in [3.8, 4) is 0 Å². The summed E-state index contributed by atoms with van der Waals surface area (Å²) in [7, 11) is 0. The van der Waals surface area contributed by atoms with Crippen molar-refractivity contribution in [2.75, 3.05) is 52.4 Å². The molecule has 2 atom stereocenters. The van der Waals surface area contributed by atoms with Crippen LogP contribution in [0.3, 0.4) is 0 Å². The van der Waals surface area contributed by atoms with E-state index < -0.39 is 0 Å². The Kier molecular flexibility index (Phi) is 6.14. The summed E-state index contributed by atoms with van der Waals surface area (Å²) >= 11 is 0. The first kappa shape index (κ1) is 16.7. The highest BCUT2D eigenvalue weighted by Crippen LogP contribution is 2.22. The Hall–Kier alpha value is -0.160. The Morgan fingerprint density at radius 1 is 0.818 bits per heavy atom. The van der Waals surface area contributed by atoms with E-state index in [-0.39, 0.29) is 0 Å². The zero-order valence-corrected chi connectivity index (χ0v) is 14.6. The fourth-order valence-electron chi connectivity index (χ4n) is 5.35. The lowest BCUT2D eigenvalue weighted by atomic mass is 9.85. The number of quaternary nitrogens is 3. The first-order valence-corrected chi connectivity index (χ1v) is 9.90. The molecule has 4 heteroatoms. The molecule has 2 saturated heterocycles. The third kappa shape index (κ3) is 4.22. The minimum atomic E-state index is 0.353. The van der Waals surface area contributed by atoms with E-state index in [2.05, 4.69) is 6.92 Å². The van der Waals surface area contributed by atoms with Gasteiger partial charge in [0.15, 0.2) is 0 Å². The van der Waals surface area contributed by atoms with E-state index in [1.54, 1.807) is 4.90 Å². The number of aliphatic hydroxyl groups is 1. The molecule has 0 aromatic heterocycles. The first-order valence-electron chi connectivity index (χ1n) is 9.90. The maximum atomic E-state index is 9.07. The van der Waals surface area contributed by atoms with Gasteiger partial charge >= 0.3 is 0 Å². The van der Waals surface area contributed by atoms with Gasteiger partial charge in [-0.05, 0) is 18.8 Å². The van der Waals surface area contributed by atoms with Gasteiger partial charge in [0.05, 0.1) is 31.8 Å². The van der Waals surface area contributed by atoms with Crippen LogP contribution in [-0.2, 0) is 0 Å². The average Bonchev–Trinajstić information content (AvgIpc) is 2.56. The van der Waals surface area contributed by atoms with Crippen molar-refractivity contribution in [3.05, 3.63) is 0 Å². The molecule has 3 fully saturated rings. The summed E-state index contributed by atoms with van der Waals surface area (Å²) in [4.78, 5) is 5.43. The topological polar surface area (TPSA) is 33.5 Å². The molecular formula is C18H38N3O+3. The van der Waals surface area contributed by atoms with Crippen LogP contribution in [0, 0.1) is 5.92 Å². The predicted octanol–water partition coefficient (Wildman–Crippen LogP) is -2.61. The Balaban J connectivity index is 1.40. The van der Waals surface area contributed by atoms with Crippen LogP contribution >= 0.6 is 0 Å². The second-order valence-electron chi connectivity index (χ2n) is 8.28. The lowest BCUT2D eigenvalue weighted by Crippen LogP contribution is -3.30. The molecule has 0 aromatic carbocycles. The second kappa shape index (κ2) is 8.09. The van der Waals surface area contributed by atoms with Crippen LogP contribution in [0.2, 0.25) is 0 Å². The second-order valence-corrected chi connectivity index (χ2v) is 8.28. The maximum Gasteiger partial charge on any atom is 0.127 e. The molecule has 0 aromatic rings. The van der Waals surface area contributed by atoms with Crippen molar-refractivity contribution in [1.82, 2.24) is 0 Å². The highest BCUT2D eigenvalue weighted by Gasteiger charge is 2.36. The van der Waals surface area contributed by atoms with Crippen molar-refractivity contribution in [2.24, 2.45) is 5.92 Å². The summed E-state index contributed by atoms with van der Waals surface area (Å²) in [5, 5.41) is 9.07. The highest BCUT2D eigenvalue weighted by molar-refractivity contribution is 4.71. The average molecular weight is 313 g/mol. The predicted molar refractivity (Wildman–Crippen MR) is 88.5 cm³/mol. The largest absolute Gasteiger partial charge is 0.391 e. The van der Waals surface area contributed by atoms with Gasteiger partial charge in [-0.15, -0.1) is 0 Å². The number of aliphatic hydroxyl groups excluding tert-OH is 1. The van der Waals surface area contributed by atoms with Crippen LogP contribution in [0.4, 0.5) is 0 Å². The Morgan fingerprint density at radius 3 is 2.14 bits per heavy atom. The fraction of sp³-hybridized carbons (Fsp3) is 1.00. The first-order chi connectivity index (χ1) is 10.8. The smallest absolute Gasteiger partial charge is 0.127 e. The summed E-state index contributed by atoms with van der Waals surface area (Å²) in [5.41, 5.74) is 0. The van der Waals surface area contributed by atoms with Gasteiger partial charge in [0.1, 0.15) is 32.7 Å². The summed E-state index contributed by atoms with van der Waals surface area (Å²) in [6, 6.07) is 1.91. The van der Waals surface area contributed by atoms with E-state index in [1.807, 2.05) is 9.80 Å². The van der Waals surface area contributed by atoms with E-state index in [9.17, 15) is 0 Å². The van der Waals surface area contributed by atoms with Crippen LogP contribution in [-0.4, -0.2) is 69.6 Å². The van der Waals surface area contributed by atoms with Gasteiger partial charge < -0.3 is 19.8 Å². The zero-order valence-electron chi connectivity index (χ0n) is 14.6. The molecule has 128 valence electrons. The summed E-state index contributed by atoms with van der Waals surface area (Å²) in [6.45, 7) is 11.8. The third-order valence-electron chi connectivity index (χ3n) is 6.78. The van der Waals surface area contributed by atoms with E-state index >= 15 is 0 Å². The molecule has 3 aliphatic rings. The van der Waals surface area contributed by atoms with E-state index in [1.165, 1.54) is 77.8 Å². The van der Waals surface area contributed by atoms with E-state index in [4.69, 9.17) is 5.11 Å². The molecule has 2 unspecified atom stereocenters. The molecule has 1 aliphatic carbocycles. The number of piperazine rings is 1. The molecule has 1 saturated carbocycles. The van der Waals surface area contributed by atoms with Crippen LogP contribution in [0.25, 0.3) is 0 Å². The van der Waals surface area contributed by atoms with Gasteiger partial charge in [0.2, 0.25) is 0 Å². The Morgan fingerprint density at radius 2 is 1.50 bits per heavy atom. The SMILES string of the molecule is CC1CCCC([NH+]2CCC([NH+]3CC[NH+](CCO)CC3)CC2)C1. The highest BCUT2D eigenvalue weighted by atomic mass is 16.3. The molecule has 22 heavy (non-hydrogen) atoms. The molecule has 4 N–H and O–H groups in total. The van der Waals surface area contributed by atoms with Crippen molar-refractivity contribution in [2.45, 2.75) is 57.5 Å². The molecule has 0 amide bonds. The molecule has 0 radical (unpaired) electrons. The normalized spacial score (nSPS) is 43.9. The fourth-order valence-corrected chi connectivity index (χ4v) is 5.35. The van der Waals surface area contributed by atoms with E-state index in [0.717, 1.165) is 24.5 Å². The van der Waals surface area contributed by atoms with Crippen molar-refractivity contribution < 1.29 is 19.8 Å². The minimum absolute atomic E-state index is 0.353. The Bertz CT molecular complexity index is 322.